The number of aliphatic hydroxyl groups excluding tert-OH is 1. The van der Waals surface area contributed by atoms with Crippen molar-refractivity contribution < 1.29 is 23.5 Å². The molecule has 9 heteroatoms. The first-order valence-corrected chi connectivity index (χ1v) is 16.1. The maximum absolute atomic E-state index is 14.2. The molecular weight excluding hydrogens is 550 g/mol. The van der Waals surface area contributed by atoms with Crippen LogP contribution < -0.4 is 11.1 Å². The monoisotopic (exact) mass is 602 g/mol. The van der Waals surface area contributed by atoms with E-state index in [1.165, 1.54) is 31.4 Å². The molecule has 4 atom stereocenters. The molecule has 0 saturated carbocycles. The fourth-order valence-electron chi connectivity index (χ4n) is 6.85. The summed E-state index contributed by atoms with van der Waals surface area (Å²) in [7, 11) is 0. The Morgan fingerprint density at radius 2 is 1.84 bits per heavy atom. The van der Waals surface area contributed by atoms with Gasteiger partial charge in [-0.15, -0.1) is 0 Å². The van der Waals surface area contributed by atoms with E-state index in [0.717, 1.165) is 38.4 Å². The van der Waals surface area contributed by atoms with Crippen LogP contribution in [-0.2, 0) is 16.0 Å². The largest absolute Gasteiger partial charge is 0.391 e. The average molecular weight is 603 g/mol. The molecule has 2 unspecified atom stereocenters. The molecule has 1 fully saturated rings. The normalized spacial score (nSPS) is 22.4. The standard InChI is InChI=1S/C34H52F2N4O3/c1-5-12-40(13-6-2)32(42)27-16-24(3)21-34(22-27,33(37)43)30(19-26-17-28(35)20-29(36)18-26)31(41)23-38-11-9-15-39-14-8-7-10-25(39)4/h16-18,20-21,25,30-31,38,41H,5-15,19,22-23H2,1-4H3,(H2,37,43)/t25?,30-,31+,34?/m1/s1. The zero-order valence-electron chi connectivity index (χ0n) is 26.5. The number of primary amides is 1. The maximum atomic E-state index is 14.2. The van der Waals surface area contributed by atoms with Crippen molar-refractivity contribution in [3.8, 4) is 0 Å². The smallest absolute Gasteiger partial charge is 0.249 e. The van der Waals surface area contributed by atoms with Crippen LogP contribution in [0, 0.1) is 23.0 Å². The molecule has 1 aromatic carbocycles. The van der Waals surface area contributed by atoms with E-state index in [2.05, 4.69) is 17.1 Å². The summed E-state index contributed by atoms with van der Waals surface area (Å²) in [6.45, 7) is 12.2. The lowest BCUT2D eigenvalue weighted by molar-refractivity contribution is -0.132. The molecule has 1 aliphatic heterocycles. The minimum atomic E-state index is -1.43. The van der Waals surface area contributed by atoms with Gasteiger partial charge in [0.15, 0.2) is 0 Å². The molecule has 0 bridgehead atoms. The molecule has 43 heavy (non-hydrogen) atoms. The summed E-state index contributed by atoms with van der Waals surface area (Å²) in [5.41, 5.74) is 6.15. The number of amides is 2. The molecule has 0 radical (unpaired) electrons. The Labute approximate surface area is 256 Å². The van der Waals surface area contributed by atoms with Crippen molar-refractivity contribution in [1.29, 1.82) is 0 Å². The second kappa shape index (κ2) is 16.5. The quantitative estimate of drug-likeness (QED) is 0.238. The van der Waals surface area contributed by atoms with Gasteiger partial charge in [0.2, 0.25) is 11.8 Å². The highest BCUT2D eigenvalue weighted by atomic mass is 19.1. The van der Waals surface area contributed by atoms with Crippen LogP contribution in [0.3, 0.4) is 0 Å². The predicted octanol–water partition coefficient (Wildman–Crippen LogP) is 4.74. The lowest BCUT2D eigenvalue weighted by Gasteiger charge is -2.42. The number of halogens is 2. The number of rotatable bonds is 16. The van der Waals surface area contributed by atoms with Crippen molar-refractivity contribution in [3.05, 3.63) is 58.7 Å². The third-order valence-corrected chi connectivity index (χ3v) is 8.97. The van der Waals surface area contributed by atoms with Crippen molar-refractivity contribution in [2.24, 2.45) is 17.1 Å². The average Bonchev–Trinajstić information content (AvgIpc) is 2.95. The molecule has 1 saturated heterocycles. The van der Waals surface area contributed by atoms with E-state index in [1.54, 1.807) is 24.0 Å². The van der Waals surface area contributed by atoms with Gasteiger partial charge in [0.1, 0.15) is 11.6 Å². The van der Waals surface area contributed by atoms with Crippen LogP contribution in [0.25, 0.3) is 0 Å². The molecule has 7 nitrogen and oxygen atoms in total. The number of piperidine rings is 1. The molecule has 240 valence electrons. The SMILES string of the molecule is CCCN(CCC)C(=O)C1=CC(C)=CC(C(N)=O)([C@H](Cc2cc(F)cc(F)c2)[C@@H](O)CNCCCN2CCCCC2C)C1. The minimum absolute atomic E-state index is 0.00461. The van der Waals surface area contributed by atoms with E-state index in [9.17, 15) is 23.5 Å². The van der Waals surface area contributed by atoms with Gasteiger partial charge in [-0.25, -0.2) is 8.78 Å². The van der Waals surface area contributed by atoms with Crippen LogP contribution in [0.2, 0.25) is 0 Å². The Morgan fingerprint density at radius 1 is 1.16 bits per heavy atom. The van der Waals surface area contributed by atoms with Crippen LogP contribution in [0.5, 0.6) is 0 Å². The summed E-state index contributed by atoms with van der Waals surface area (Å²) in [6, 6.07) is 3.80. The van der Waals surface area contributed by atoms with E-state index in [1.807, 2.05) is 13.8 Å². The van der Waals surface area contributed by atoms with Crippen LogP contribution in [0.1, 0.15) is 78.2 Å². The van der Waals surface area contributed by atoms with Gasteiger partial charge in [0.05, 0.1) is 11.5 Å². The zero-order valence-corrected chi connectivity index (χ0v) is 26.5. The van der Waals surface area contributed by atoms with Gasteiger partial charge in [-0.05, 0) is 96.1 Å². The van der Waals surface area contributed by atoms with Crippen LogP contribution >= 0.6 is 0 Å². The molecule has 0 spiro atoms. The van der Waals surface area contributed by atoms with E-state index in [4.69, 9.17) is 5.73 Å². The van der Waals surface area contributed by atoms with Crippen LogP contribution in [0.4, 0.5) is 8.78 Å². The molecule has 1 heterocycles. The number of likely N-dealkylation sites (tertiary alicyclic amines) is 1. The Kier molecular flexibility index (Phi) is 13.3. The Bertz CT molecular complexity index is 1130. The summed E-state index contributed by atoms with van der Waals surface area (Å²) in [5, 5.41) is 15.0. The maximum Gasteiger partial charge on any atom is 0.249 e. The van der Waals surface area contributed by atoms with Gasteiger partial charge in [-0.3, -0.25) is 9.59 Å². The minimum Gasteiger partial charge on any atom is -0.391 e. The van der Waals surface area contributed by atoms with Gasteiger partial charge in [-0.2, -0.15) is 0 Å². The van der Waals surface area contributed by atoms with Crippen molar-refractivity contribution in [2.75, 3.05) is 39.3 Å². The van der Waals surface area contributed by atoms with Gasteiger partial charge in [0, 0.05) is 43.2 Å². The lowest BCUT2D eigenvalue weighted by Crippen LogP contribution is -2.52. The summed E-state index contributed by atoms with van der Waals surface area (Å²) in [6.07, 6.45) is 8.65. The van der Waals surface area contributed by atoms with Crippen molar-refractivity contribution >= 4 is 11.8 Å². The van der Waals surface area contributed by atoms with Crippen LogP contribution in [-0.4, -0.2) is 78.1 Å². The van der Waals surface area contributed by atoms with Crippen molar-refractivity contribution in [1.82, 2.24) is 15.1 Å². The van der Waals surface area contributed by atoms with Gasteiger partial charge < -0.3 is 26.0 Å². The van der Waals surface area contributed by atoms with Crippen LogP contribution in [0.15, 0.2) is 41.5 Å². The van der Waals surface area contributed by atoms with Gasteiger partial charge in [-0.1, -0.05) is 38.0 Å². The van der Waals surface area contributed by atoms with E-state index in [0.29, 0.717) is 42.4 Å². The fourth-order valence-corrected chi connectivity index (χ4v) is 6.85. The Balaban J connectivity index is 1.86. The fraction of sp³-hybridized carbons (Fsp3) is 0.647. The first kappa shape index (κ1) is 34.9. The third kappa shape index (κ3) is 9.43. The number of aliphatic hydroxyl groups is 1. The summed E-state index contributed by atoms with van der Waals surface area (Å²) in [5.74, 6) is -3.14. The summed E-state index contributed by atoms with van der Waals surface area (Å²) >= 11 is 0. The molecule has 0 aromatic heterocycles. The molecule has 4 N–H and O–H groups in total. The number of hydrogen-bond acceptors (Lipinski definition) is 5. The number of benzene rings is 1. The van der Waals surface area contributed by atoms with Gasteiger partial charge in [0.25, 0.3) is 0 Å². The number of nitrogens with two attached hydrogens (primary N) is 1. The number of hydrogen-bond donors (Lipinski definition) is 3. The van der Waals surface area contributed by atoms with E-state index in [-0.39, 0.29) is 25.3 Å². The zero-order chi connectivity index (χ0) is 31.6. The number of carbonyl (C=O) groups excluding carboxylic acids is 2. The molecule has 1 aromatic rings. The van der Waals surface area contributed by atoms with Gasteiger partial charge >= 0.3 is 0 Å². The molecule has 2 aliphatic rings. The number of nitrogens with zero attached hydrogens (tertiary/aromatic N) is 2. The highest BCUT2D eigenvalue weighted by Crippen LogP contribution is 2.44. The molecule has 3 rings (SSSR count). The number of allylic oxidation sites excluding steroid dienone is 2. The summed E-state index contributed by atoms with van der Waals surface area (Å²) < 4.78 is 28.5. The third-order valence-electron chi connectivity index (χ3n) is 8.97. The van der Waals surface area contributed by atoms with Crippen molar-refractivity contribution in [3.63, 3.8) is 0 Å². The summed E-state index contributed by atoms with van der Waals surface area (Å²) in [4.78, 5) is 31.4. The highest BCUT2D eigenvalue weighted by molar-refractivity contribution is 5.96. The first-order valence-electron chi connectivity index (χ1n) is 16.1. The second-order valence-electron chi connectivity index (χ2n) is 12.5. The number of nitrogens with one attached hydrogen (secondary N) is 1. The Morgan fingerprint density at radius 3 is 2.44 bits per heavy atom. The molecule has 2 amide bonds. The first-order chi connectivity index (χ1) is 20.5. The predicted molar refractivity (Wildman–Crippen MR) is 167 cm³/mol. The molecule has 1 aliphatic carbocycles. The molecular formula is C34H52F2N4O3. The van der Waals surface area contributed by atoms with E-state index < -0.39 is 35.0 Å². The Hall–Kier alpha value is -2.62. The topological polar surface area (TPSA) is 98.9 Å². The highest BCUT2D eigenvalue weighted by Gasteiger charge is 2.48. The number of carbonyl (C=O) groups is 2. The van der Waals surface area contributed by atoms with E-state index >= 15 is 0 Å². The second-order valence-corrected chi connectivity index (χ2v) is 12.5. The lowest BCUT2D eigenvalue weighted by atomic mass is 9.63. The van der Waals surface area contributed by atoms with Crippen molar-refractivity contribution in [2.45, 2.75) is 91.2 Å².